The van der Waals surface area contributed by atoms with Crippen LogP contribution in [-0.4, -0.2) is 19.2 Å². The molecule has 0 aromatic heterocycles. The topological polar surface area (TPSA) is 20.2 Å². The Kier molecular flexibility index (Phi) is 0.692. The average molecular weight is 66.7 g/mol. The quantitative estimate of drug-likeness (QED) is 0.382. The van der Waals surface area contributed by atoms with Gasteiger partial charge in [-0.2, -0.15) is 0 Å². The summed E-state index contributed by atoms with van der Waals surface area (Å²) in [6.07, 6.45) is 1.83. The molecule has 1 radical (unpaired) electrons. The molecule has 0 bridgehead atoms. The van der Waals surface area contributed by atoms with E-state index in [-0.39, 0.29) is 6.92 Å². The molecule has 0 aromatic rings. The summed E-state index contributed by atoms with van der Waals surface area (Å²) in [5.41, 5.74) is 0. The van der Waals surface area contributed by atoms with E-state index in [1.165, 1.54) is 0 Å². The molecule has 1 heterocycles. The molecule has 1 saturated heterocycles. The van der Waals surface area contributed by atoms with Gasteiger partial charge in [-0.3, -0.25) is 0 Å². The van der Waals surface area contributed by atoms with E-state index in [4.69, 9.17) is 5.02 Å². The van der Waals surface area contributed by atoms with E-state index in [0.717, 1.165) is 12.4 Å². The Balaban J connectivity index is 2.08. The van der Waals surface area contributed by atoms with E-state index < -0.39 is 0 Å². The first kappa shape index (κ1) is 3.29. The summed E-state index contributed by atoms with van der Waals surface area (Å²) in [5, 5.41) is 8.42. The molecule has 5 heavy (non-hydrogen) atoms. The van der Waals surface area contributed by atoms with Crippen LogP contribution in [0.3, 0.4) is 0 Å². The van der Waals surface area contributed by atoms with Gasteiger partial charge in [0.2, 0.25) is 0 Å². The Hall–Kier alpha value is 0.0899. The molecule has 0 atom stereocenters. The van der Waals surface area contributed by atoms with Crippen LogP contribution in [0.1, 0.15) is 0 Å². The first-order valence-corrected chi connectivity index (χ1v) is 1.89. The van der Waals surface area contributed by atoms with Crippen LogP contribution in [0.2, 0.25) is 12.4 Å². The molecule has 0 aromatic carbocycles. The Bertz CT molecular complexity index is 34.6. The third kappa shape index (κ3) is 0.482. The lowest BCUT2D eigenvalue weighted by molar-refractivity contribution is 0.576. The fourth-order valence-corrected chi connectivity index (χ4v) is 0.316. The van der Waals surface area contributed by atoms with Crippen LogP contribution >= 0.6 is 0 Å². The van der Waals surface area contributed by atoms with E-state index >= 15 is 0 Å². The fraction of sp³-hybridized carbons (Fsp3) is 1.00. The van der Waals surface area contributed by atoms with Gasteiger partial charge in [-0.1, -0.05) is 12.4 Å². The molecule has 25 valence electrons. The summed E-state index contributed by atoms with van der Waals surface area (Å²) >= 11 is 0. The molecule has 0 amide bonds. The molecular formula is C2H5B2O. The van der Waals surface area contributed by atoms with Gasteiger partial charge in [-0.25, -0.2) is 0 Å². The summed E-state index contributed by atoms with van der Waals surface area (Å²) in [4.78, 5) is 0. The van der Waals surface area contributed by atoms with Crippen molar-refractivity contribution in [2.45, 2.75) is 12.4 Å². The zero-order valence-electron chi connectivity index (χ0n) is 3.02. The van der Waals surface area contributed by atoms with Gasteiger partial charge in [0.05, 0.1) is 7.28 Å². The Morgan fingerprint density at radius 3 is 2.00 bits per heavy atom. The van der Waals surface area contributed by atoms with Crippen LogP contribution in [-0.2, 0) is 0 Å². The maximum Gasteiger partial charge on any atom is 0.273 e. The Labute approximate surface area is 32.7 Å². The van der Waals surface area contributed by atoms with Crippen molar-refractivity contribution in [1.82, 2.24) is 0 Å². The highest BCUT2D eigenvalue weighted by molar-refractivity contribution is 6.82. The predicted molar refractivity (Wildman–Crippen MR) is 23.3 cm³/mol. The second kappa shape index (κ2) is 1.05. The minimum atomic E-state index is 0.00926. The second-order valence-corrected chi connectivity index (χ2v) is 1.41. The summed E-state index contributed by atoms with van der Waals surface area (Å²) in [6.45, 7) is 0.00926. The van der Waals surface area contributed by atoms with Gasteiger partial charge in [-0.15, -0.1) is 0 Å². The summed E-state index contributed by atoms with van der Waals surface area (Å²) in [6, 6.07) is 0. The maximum absolute atomic E-state index is 8.42. The largest absolute Gasteiger partial charge is 0.452 e. The van der Waals surface area contributed by atoms with Gasteiger partial charge < -0.3 is 5.02 Å². The molecule has 1 nitrogen and oxygen atoms in total. The standard InChI is InChI=1S/C2H5B2O/c5-4-1-3-2-4/h5H,1-2H2. The van der Waals surface area contributed by atoms with Crippen LogP contribution in [0.15, 0.2) is 0 Å². The summed E-state index contributed by atoms with van der Waals surface area (Å²) < 4.78 is 0. The molecule has 0 unspecified atom stereocenters. The second-order valence-electron chi connectivity index (χ2n) is 1.41. The van der Waals surface area contributed by atoms with Crippen molar-refractivity contribution < 1.29 is 5.02 Å². The fourth-order valence-electron chi connectivity index (χ4n) is 0.316. The highest BCUT2D eigenvalue weighted by Crippen LogP contribution is 2.04. The molecule has 1 aliphatic heterocycles. The molecule has 1 rings (SSSR count). The van der Waals surface area contributed by atoms with E-state index in [2.05, 4.69) is 7.28 Å². The van der Waals surface area contributed by atoms with Crippen molar-refractivity contribution in [1.29, 1.82) is 0 Å². The molecule has 0 saturated carbocycles. The number of hydrogen-bond donors (Lipinski definition) is 1. The maximum atomic E-state index is 8.42. The minimum absolute atomic E-state index is 0.00926. The zero-order valence-corrected chi connectivity index (χ0v) is 3.02. The molecule has 0 aliphatic carbocycles. The lowest BCUT2D eigenvalue weighted by atomic mass is 9.27. The molecule has 1 N–H and O–H groups in total. The van der Waals surface area contributed by atoms with Gasteiger partial charge in [0.25, 0.3) is 6.92 Å². The number of hydrogen-bond acceptors (Lipinski definition) is 1. The van der Waals surface area contributed by atoms with Crippen molar-refractivity contribution in [3.63, 3.8) is 0 Å². The van der Waals surface area contributed by atoms with E-state index in [0.29, 0.717) is 0 Å². The van der Waals surface area contributed by atoms with Crippen molar-refractivity contribution in [2.24, 2.45) is 0 Å². The summed E-state index contributed by atoms with van der Waals surface area (Å²) in [7, 11) is 2.07. The van der Waals surface area contributed by atoms with Crippen molar-refractivity contribution in [2.75, 3.05) is 0 Å². The van der Waals surface area contributed by atoms with E-state index in [9.17, 15) is 0 Å². The van der Waals surface area contributed by atoms with Crippen LogP contribution in [0.25, 0.3) is 0 Å². The third-order valence-corrected chi connectivity index (χ3v) is 0.877. The van der Waals surface area contributed by atoms with Gasteiger partial charge >= 0.3 is 0 Å². The Morgan fingerprint density at radius 1 is 1.60 bits per heavy atom. The SMILES string of the molecule is OB1C[B]C1. The molecule has 1 aliphatic rings. The van der Waals surface area contributed by atoms with Gasteiger partial charge in [0, 0.05) is 0 Å². The molecule has 3 heteroatoms. The van der Waals surface area contributed by atoms with E-state index in [1.54, 1.807) is 0 Å². The lowest BCUT2D eigenvalue weighted by Gasteiger charge is -2.11. The average Bonchev–Trinajstić information content (AvgIpc) is 1.30. The minimum Gasteiger partial charge on any atom is -0.452 e. The summed E-state index contributed by atoms with van der Waals surface area (Å²) in [5.74, 6) is 0. The lowest BCUT2D eigenvalue weighted by Crippen LogP contribution is -2.28. The van der Waals surface area contributed by atoms with Crippen molar-refractivity contribution in [3.05, 3.63) is 0 Å². The first-order chi connectivity index (χ1) is 2.39. The van der Waals surface area contributed by atoms with Gasteiger partial charge in [0.15, 0.2) is 0 Å². The Morgan fingerprint density at radius 2 is 2.00 bits per heavy atom. The normalized spacial score (nSPS) is 20.6. The zero-order chi connectivity index (χ0) is 3.70. The number of rotatable bonds is 0. The first-order valence-electron chi connectivity index (χ1n) is 1.89. The highest BCUT2D eigenvalue weighted by Gasteiger charge is 2.19. The molecule has 1 fully saturated rings. The van der Waals surface area contributed by atoms with E-state index in [1.807, 2.05) is 0 Å². The van der Waals surface area contributed by atoms with Crippen LogP contribution in [0, 0.1) is 0 Å². The van der Waals surface area contributed by atoms with Crippen LogP contribution < -0.4 is 0 Å². The van der Waals surface area contributed by atoms with Gasteiger partial charge in [0.1, 0.15) is 0 Å². The highest BCUT2D eigenvalue weighted by atomic mass is 16.2. The monoisotopic (exact) mass is 67.1 g/mol. The third-order valence-electron chi connectivity index (χ3n) is 0.877. The van der Waals surface area contributed by atoms with Crippen LogP contribution in [0.4, 0.5) is 0 Å². The molecular weight excluding hydrogens is 61.6 g/mol. The predicted octanol–water partition coefficient (Wildman–Crippen LogP) is -0.397. The van der Waals surface area contributed by atoms with Crippen molar-refractivity contribution >= 4 is 14.2 Å². The van der Waals surface area contributed by atoms with Gasteiger partial charge in [-0.05, 0) is 0 Å². The molecule has 0 spiro atoms. The smallest absolute Gasteiger partial charge is 0.273 e. The van der Waals surface area contributed by atoms with Crippen molar-refractivity contribution in [3.8, 4) is 0 Å². The van der Waals surface area contributed by atoms with Crippen LogP contribution in [0.5, 0.6) is 0 Å².